The lowest BCUT2D eigenvalue weighted by Gasteiger charge is -2.12. The summed E-state index contributed by atoms with van der Waals surface area (Å²) < 4.78 is 2.48. The zero-order valence-corrected chi connectivity index (χ0v) is 18.3. The highest BCUT2D eigenvalue weighted by atomic mass is 16.3. The Bertz CT molecular complexity index is 1730. The molecule has 0 saturated heterocycles. The molecule has 1 heterocycles. The Kier molecular flexibility index (Phi) is 3.99. The molecule has 0 aliphatic heterocycles. The summed E-state index contributed by atoms with van der Waals surface area (Å²) in [5.74, 6) is 0. The second-order valence-corrected chi connectivity index (χ2v) is 8.86. The van der Waals surface area contributed by atoms with Crippen LogP contribution in [-0.4, -0.2) is 16.3 Å². The van der Waals surface area contributed by atoms with Gasteiger partial charge < -0.3 is 9.67 Å². The molecule has 1 N–H and O–H groups in total. The predicted molar refractivity (Wildman–Crippen MR) is 141 cm³/mol. The van der Waals surface area contributed by atoms with Gasteiger partial charge in [0.2, 0.25) is 0 Å². The molecular weight excluding hydrogens is 402 g/mol. The summed E-state index contributed by atoms with van der Waals surface area (Å²) >= 11 is 0. The van der Waals surface area contributed by atoms with Crippen molar-refractivity contribution in [2.45, 2.75) is 13.0 Å². The fourth-order valence-electron chi connectivity index (χ4n) is 5.88. The van der Waals surface area contributed by atoms with E-state index in [0.717, 1.165) is 13.0 Å². The predicted octanol–water partition coefficient (Wildman–Crippen LogP) is 7.79. The first-order valence-corrected chi connectivity index (χ1v) is 11.6. The first-order chi connectivity index (χ1) is 16.4. The molecule has 0 radical (unpaired) electrons. The lowest BCUT2D eigenvalue weighted by atomic mass is 9.93. The molecule has 0 aliphatic rings. The second-order valence-electron chi connectivity index (χ2n) is 8.86. The Morgan fingerprint density at radius 3 is 1.18 bits per heavy atom. The smallest absolute Gasteiger partial charge is 0.0577 e. The largest absolute Gasteiger partial charge is 0.396 e. The van der Waals surface area contributed by atoms with Gasteiger partial charge in [-0.15, -0.1) is 0 Å². The maximum atomic E-state index is 9.77. The molecular formula is C31H23NO. The van der Waals surface area contributed by atoms with E-state index < -0.39 is 0 Å². The van der Waals surface area contributed by atoms with Crippen molar-refractivity contribution in [2.24, 2.45) is 0 Å². The van der Waals surface area contributed by atoms with Crippen LogP contribution < -0.4 is 0 Å². The van der Waals surface area contributed by atoms with Gasteiger partial charge in [0.05, 0.1) is 11.0 Å². The molecule has 6 aromatic carbocycles. The Morgan fingerprint density at radius 1 is 0.455 bits per heavy atom. The van der Waals surface area contributed by atoms with Crippen molar-refractivity contribution in [3.8, 4) is 0 Å². The number of nitrogens with zero attached hydrogens (tertiary/aromatic N) is 1. The van der Waals surface area contributed by atoms with Gasteiger partial charge in [-0.05, 0) is 38.7 Å². The molecule has 0 unspecified atom stereocenters. The normalized spacial score (nSPS) is 12.2. The van der Waals surface area contributed by atoms with Gasteiger partial charge in [0, 0.05) is 34.7 Å². The summed E-state index contributed by atoms with van der Waals surface area (Å²) in [5, 5.41) is 22.7. The Labute approximate surface area is 191 Å². The highest BCUT2D eigenvalue weighted by Gasteiger charge is 2.21. The van der Waals surface area contributed by atoms with Gasteiger partial charge in [0.25, 0.3) is 0 Å². The molecule has 7 aromatic rings. The topological polar surface area (TPSA) is 25.2 Å². The van der Waals surface area contributed by atoms with E-state index >= 15 is 0 Å². The molecule has 0 atom stereocenters. The van der Waals surface area contributed by atoms with Crippen molar-refractivity contribution >= 4 is 64.9 Å². The minimum atomic E-state index is 0.179. The van der Waals surface area contributed by atoms with Crippen molar-refractivity contribution in [1.82, 2.24) is 4.57 Å². The number of aliphatic hydroxyl groups is 1. The zero-order chi connectivity index (χ0) is 21.9. The number of fused-ring (bicyclic) bond motifs is 13. The fourth-order valence-corrected chi connectivity index (χ4v) is 5.88. The third kappa shape index (κ3) is 2.47. The quantitative estimate of drug-likeness (QED) is 0.287. The summed E-state index contributed by atoms with van der Waals surface area (Å²) in [5.41, 5.74) is 2.54. The maximum Gasteiger partial charge on any atom is 0.0577 e. The Hall–Kier alpha value is -3.88. The van der Waals surface area contributed by atoms with Crippen LogP contribution >= 0.6 is 0 Å². The molecule has 1 aromatic heterocycles. The number of benzene rings is 6. The van der Waals surface area contributed by atoms with Crippen LogP contribution in [0.15, 0.2) is 97.1 Å². The number of aryl methyl sites for hydroxylation is 1. The standard InChI is InChI=1S/C31H23NO/c33-19-9-18-32-30-26-16-7-3-12-22(26)20-10-1-5-14-24(20)28(30)29-25-15-6-2-11-21(25)23-13-4-8-17-27(23)31(29)32/h1-8,10-17,33H,9,18-19H2. The van der Waals surface area contributed by atoms with E-state index in [1.54, 1.807) is 0 Å². The Balaban J connectivity index is 1.91. The van der Waals surface area contributed by atoms with E-state index in [1.165, 1.54) is 64.9 Å². The Morgan fingerprint density at radius 2 is 0.788 bits per heavy atom. The SMILES string of the molecule is OCCCn1c2c3ccccc3c3ccccc3c2c2c3ccccc3c3ccccc3c21. The fraction of sp³-hybridized carbons (Fsp3) is 0.0968. The maximum absolute atomic E-state index is 9.77. The van der Waals surface area contributed by atoms with Crippen LogP contribution in [0, 0.1) is 0 Å². The summed E-state index contributed by atoms with van der Waals surface area (Å²) in [6.07, 6.45) is 0.723. The molecule has 2 heteroatoms. The molecule has 0 amide bonds. The van der Waals surface area contributed by atoms with E-state index in [1.807, 2.05) is 0 Å². The van der Waals surface area contributed by atoms with Gasteiger partial charge in [-0.1, -0.05) is 97.1 Å². The number of aromatic nitrogens is 1. The molecule has 0 aliphatic carbocycles. The zero-order valence-electron chi connectivity index (χ0n) is 18.3. The number of hydrogen-bond acceptors (Lipinski definition) is 1. The first kappa shape index (κ1) is 18.7. The van der Waals surface area contributed by atoms with Crippen LogP contribution in [0.1, 0.15) is 6.42 Å². The minimum absolute atomic E-state index is 0.179. The first-order valence-electron chi connectivity index (χ1n) is 11.6. The number of hydrogen-bond donors (Lipinski definition) is 1. The van der Waals surface area contributed by atoms with Gasteiger partial charge >= 0.3 is 0 Å². The van der Waals surface area contributed by atoms with Crippen molar-refractivity contribution in [3.63, 3.8) is 0 Å². The van der Waals surface area contributed by atoms with Crippen molar-refractivity contribution in [2.75, 3.05) is 6.61 Å². The summed E-state index contributed by atoms with van der Waals surface area (Å²) in [7, 11) is 0. The molecule has 0 saturated carbocycles. The van der Waals surface area contributed by atoms with Crippen LogP contribution in [-0.2, 0) is 6.54 Å². The molecule has 0 bridgehead atoms. The van der Waals surface area contributed by atoms with E-state index in [9.17, 15) is 5.11 Å². The molecule has 33 heavy (non-hydrogen) atoms. The lowest BCUT2D eigenvalue weighted by Crippen LogP contribution is -2.01. The lowest BCUT2D eigenvalue weighted by molar-refractivity contribution is 0.281. The van der Waals surface area contributed by atoms with Gasteiger partial charge in [-0.2, -0.15) is 0 Å². The van der Waals surface area contributed by atoms with Gasteiger partial charge in [-0.25, -0.2) is 0 Å². The summed E-state index contributed by atoms with van der Waals surface area (Å²) in [6.45, 7) is 0.958. The van der Waals surface area contributed by atoms with E-state index in [0.29, 0.717) is 0 Å². The van der Waals surface area contributed by atoms with Crippen LogP contribution in [0.25, 0.3) is 64.9 Å². The third-order valence-electron chi connectivity index (χ3n) is 7.14. The molecule has 7 rings (SSSR count). The van der Waals surface area contributed by atoms with Gasteiger partial charge in [-0.3, -0.25) is 0 Å². The van der Waals surface area contributed by atoms with Crippen molar-refractivity contribution < 1.29 is 5.11 Å². The third-order valence-corrected chi connectivity index (χ3v) is 7.14. The van der Waals surface area contributed by atoms with Crippen molar-refractivity contribution in [3.05, 3.63) is 97.1 Å². The highest BCUT2D eigenvalue weighted by Crippen LogP contribution is 2.46. The van der Waals surface area contributed by atoms with Crippen LogP contribution in [0.2, 0.25) is 0 Å². The minimum Gasteiger partial charge on any atom is -0.396 e. The second kappa shape index (κ2) is 7.06. The average molecular weight is 426 g/mol. The van der Waals surface area contributed by atoms with E-state index in [-0.39, 0.29) is 6.61 Å². The molecule has 0 spiro atoms. The van der Waals surface area contributed by atoms with E-state index in [2.05, 4.69) is 102 Å². The van der Waals surface area contributed by atoms with Crippen LogP contribution in [0.5, 0.6) is 0 Å². The molecule has 2 nitrogen and oxygen atoms in total. The summed E-state index contributed by atoms with van der Waals surface area (Å²) in [6, 6.07) is 35.1. The van der Waals surface area contributed by atoms with Crippen molar-refractivity contribution in [1.29, 1.82) is 0 Å². The van der Waals surface area contributed by atoms with E-state index in [4.69, 9.17) is 0 Å². The van der Waals surface area contributed by atoms with Gasteiger partial charge in [0.1, 0.15) is 0 Å². The molecule has 158 valence electrons. The number of aliphatic hydroxyl groups excluding tert-OH is 1. The molecule has 0 fully saturated rings. The number of rotatable bonds is 3. The summed E-state index contributed by atoms with van der Waals surface area (Å²) in [4.78, 5) is 0. The highest BCUT2D eigenvalue weighted by molar-refractivity contribution is 6.39. The van der Waals surface area contributed by atoms with Crippen LogP contribution in [0.3, 0.4) is 0 Å². The average Bonchev–Trinajstić information content (AvgIpc) is 3.24. The van der Waals surface area contributed by atoms with Gasteiger partial charge in [0.15, 0.2) is 0 Å². The monoisotopic (exact) mass is 425 g/mol. The van der Waals surface area contributed by atoms with Crippen LogP contribution in [0.4, 0.5) is 0 Å².